The Kier molecular flexibility index (Phi) is 10.5. The van der Waals surface area contributed by atoms with Gasteiger partial charge in [0.2, 0.25) is 6.41 Å². The van der Waals surface area contributed by atoms with Crippen LogP contribution in [0.2, 0.25) is 0 Å². The van der Waals surface area contributed by atoms with Gasteiger partial charge < -0.3 is 16.0 Å². The summed E-state index contributed by atoms with van der Waals surface area (Å²) < 4.78 is 0. The van der Waals surface area contributed by atoms with Gasteiger partial charge in [-0.3, -0.25) is 19.3 Å². The van der Waals surface area contributed by atoms with Crippen molar-refractivity contribution >= 4 is 18.2 Å². The lowest BCUT2D eigenvalue weighted by Crippen LogP contribution is -2.43. The molecule has 0 aliphatic rings. The summed E-state index contributed by atoms with van der Waals surface area (Å²) in [6.07, 6.45) is 1.62. The molecule has 0 atom stereocenters. The number of rotatable bonds is 10. The van der Waals surface area contributed by atoms with E-state index in [1.807, 2.05) is 0 Å². The number of carbonyl (C=O) groups excluding carboxylic acids is 3. The Morgan fingerprint density at radius 1 is 1.15 bits per heavy atom. The first-order valence-electron chi connectivity index (χ1n) is 7.07. The normalized spacial score (nSPS) is 10.4. The number of hydrogen-bond acceptors (Lipinski definition) is 5. The first-order chi connectivity index (χ1) is 9.60. The van der Waals surface area contributed by atoms with Crippen molar-refractivity contribution in [3.8, 4) is 0 Å². The molecule has 0 rings (SSSR count). The minimum Gasteiger partial charge on any atom is -0.348 e. The second-order valence-corrected chi connectivity index (χ2v) is 4.38. The summed E-state index contributed by atoms with van der Waals surface area (Å²) in [5, 5.41) is 2.53. The smallest absolute Gasteiger partial charge is 0.318 e. The fraction of sp³-hybridized carbons (Fsp3) is 0.769. The maximum absolute atomic E-state index is 11.7. The van der Waals surface area contributed by atoms with Gasteiger partial charge in [-0.25, -0.2) is 0 Å². The molecule has 3 amide bonds. The number of nitrogens with zero attached hydrogens (tertiary/aromatic N) is 2. The van der Waals surface area contributed by atoms with Gasteiger partial charge >= 0.3 is 11.8 Å². The molecule has 0 spiro atoms. The van der Waals surface area contributed by atoms with Crippen LogP contribution in [-0.2, 0) is 14.4 Å². The van der Waals surface area contributed by atoms with Gasteiger partial charge in [0.15, 0.2) is 0 Å². The van der Waals surface area contributed by atoms with E-state index in [-0.39, 0.29) is 6.54 Å². The van der Waals surface area contributed by atoms with E-state index in [0.29, 0.717) is 25.9 Å². The van der Waals surface area contributed by atoms with E-state index in [9.17, 15) is 14.4 Å². The summed E-state index contributed by atoms with van der Waals surface area (Å²) in [4.78, 5) is 37.1. The first kappa shape index (κ1) is 18.5. The molecule has 0 aromatic rings. The SMILES string of the molecule is CCN(CC)CCCNC(=O)C(=O)N(C=O)CCCN. The standard InChI is InChI=1S/C13H26N4O3/c1-3-16(4-2)9-6-8-15-12(19)13(20)17(11-18)10-5-7-14/h11H,3-10,14H2,1-2H3,(H,15,19). The molecule has 0 fully saturated rings. The lowest BCUT2D eigenvalue weighted by Gasteiger charge is -2.18. The van der Waals surface area contributed by atoms with Crippen molar-refractivity contribution in [2.24, 2.45) is 5.73 Å². The van der Waals surface area contributed by atoms with Crippen LogP contribution in [0.5, 0.6) is 0 Å². The molecular formula is C13H26N4O3. The first-order valence-corrected chi connectivity index (χ1v) is 7.07. The highest BCUT2D eigenvalue weighted by atomic mass is 16.2. The second kappa shape index (κ2) is 11.4. The topological polar surface area (TPSA) is 95.7 Å². The lowest BCUT2D eigenvalue weighted by atomic mass is 10.3. The van der Waals surface area contributed by atoms with Crippen molar-refractivity contribution < 1.29 is 14.4 Å². The van der Waals surface area contributed by atoms with Crippen LogP contribution < -0.4 is 11.1 Å². The molecule has 3 N–H and O–H groups in total. The highest BCUT2D eigenvalue weighted by Crippen LogP contribution is 1.91. The summed E-state index contributed by atoms with van der Waals surface area (Å²) in [5.41, 5.74) is 5.30. The number of hydrogen-bond donors (Lipinski definition) is 2. The number of nitrogens with two attached hydrogens (primary N) is 1. The minimum absolute atomic E-state index is 0.172. The van der Waals surface area contributed by atoms with E-state index in [2.05, 4.69) is 24.1 Å². The van der Waals surface area contributed by atoms with Crippen LogP contribution in [0.4, 0.5) is 0 Å². The van der Waals surface area contributed by atoms with E-state index in [4.69, 9.17) is 5.73 Å². The summed E-state index contributed by atoms with van der Waals surface area (Å²) in [6.45, 7) is 7.89. The monoisotopic (exact) mass is 286 g/mol. The van der Waals surface area contributed by atoms with Gasteiger partial charge in [0.05, 0.1) is 0 Å². The van der Waals surface area contributed by atoms with Crippen LogP contribution >= 0.6 is 0 Å². The molecule has 116 valence electrons. The van der Waals surface area contributed by atoms with Crippen LogP contribution in [-0.4, -0.2) is 67.3 Å². The van der Waals surface area contributed by atoms with Crippen LogP contribution in [0.25, 0.3) is 0 Å². The summed E-state index contributed by atoms with van der Waals surface area (Å²) in [6, 6.07) is 0. The maximum atomic E-state index is 11.7. The van der Waals surface area contributed by atoms with Gasteiger partial charge in [-0.1, -0.05) is 13.8 Å². The molecule has 0 aliphatic heterocycles. The molecule has 0 unspecified atom stereocenters. The molecule has 0 aromatic carbocycles. The minimum atomic E-state index is -0.823. The van der Waals surface area contributed by atoms with Gasteiger partial charge in [0.25, 0.3) is 0 Å². The van der Waals surface area contributed by atoms with Crippen molar-refractivity contribution in [3.05, 3.63) is 0 Å². The summed E-state index contributed by atoms with van der Waals surface area (Å²) >= 11 is 0. The van der Waals surface area contributed by atoms with Gasteiger partial charge in [-0.05, 0) is 39.0 Å². The molecule has 0 aromatic heterocycles. The number of nitrogens with one attached hydrogen (secondary N) is 1. The van der Waals surface area contributed by atoms with Crippen LogP contribution in [0, 0.1) is 0 Å². The molecule has 0 bridgehead atoms. The van der Waals surface area contributed by atoms with Crippen molar-refractivity contribution in [1.29, 1.82) is 0 Å². The Balaban J connectivity index is 4.00. The zero-order valence-electron chi connectivity index (χ0n) is 12.4. The molecule has 20 heavy (non-hydrogen) atoms. The maximum Gasteiger partial charge on any atom is 0.318 e. The van der Waals surface area contributed by atoms with Crippen molar-refractivity contribution in [2.45, 2.75) is 26.7 Å². The van der Waals surface area contributed by atoms with Crippen molar-refractivity contribution in [1.82, 2.24) is 15.1 Å². The average Bonchev–Trinajstić information content (AvgIpc) is 2.47. The molecule has 7 nitrogen and oxygen atoms in total. The zero-order valence-corrected chi connectivity index (χ0v) is 12.4. The largest absolute Gasteiger partial charge is 0.348 e. The fourth-order valence-electron chi connectivity index (χ4n) is 1.71. The van der Waals surface area contributed by atoms with E-state index in [1.165, 1.54) is 0 Å². The molecule has 0 aliphatic carbocycles. The quantitative estimate of drug-likeness (QED) is 0.310. The lowest BCUT2D eigenvalue weighted by molar-refractivity contribution is -0.148. The van der Waals surface area contributed by atoms with Gasteiger partial charge in [0.1, 0.15) is 0 Å². The Hall–Kier alpha value is -1.47. The van der Waals surface area contributed by atoms with Crippen LogP contribution in [0.3, 0.4) is 0 Å². The van der Waals surface area contributed by atoms with Crippen LogP contribution in [0.15, 0.2) is 0 Å². The van der Waals surface area contributed by atoms with E-state index >= 15 is 0 Å². The van der Waals surface area contributed by atoms with Crippen molar-refractivity contribution in [3.63, 3.8) is 0 Å². The van der Waals surface area contributed by atoms with Gasteiger partial charge in [-0.15, -0.1) is 0 Å². The van der Waals surface area contributed by atoms with Gasteiger partial charge in [-0.2, -0.15) is 0 Å². The number of carbonyl (C=O) groups is 3. The summed E-state index contributed by atoms with van der Waals surface area (Å²) in [7, 11) is 0. The second-order valence-electron chi connectivity index (χ2n) is 4.38. The highest BCUT2D eigenvalue weighted by Gasteiger charge is 2.20. The Morgan fingerprint density at radius 2 is 1.80 bits per heavy atom. The molecule has 0 saturated carbocycles. The fourth-order valence-corrected chi connectivity index (χ4v) is 1.71. The van der Waals surface area contributed by atoms with E-state index in [1.54, 1.807) is 0 Å². The Labute approximate surface area is 120 Å². The van der Waals surface area contributed by atoms with Gasteiger partial charge in [0, 0.05) is 13.1 Å². The average molecular weight is 286 g/mol. The third-order valence-electron chi connectivity index (χ3n) is 3.02. The van der Waals surface area contributed by atoms with Crippen molar-refractivity contribution in [2.75, 3.05) is 39.3 Å². The Morgan fingerprint density at radius 3 is 2.30 bits per heavy atom. The van der Waals surface area contributed by atoms with Crippen LogP contribution in [0.1, 0.15) is 26.7 Å². The third kappa shape index (κ3) is 7.20. The molecule has 0 saturated heterocycles. The van der Waals surface area contributed by atoms with E-state index < -0.39 is 11.8 Å². The predicted molar refractivity (Wildman–Crippen MR) is 76.9 cm³/mol. The predicted octanol–water partition coefficient (Wildman–Crippen LogP) is -0.832. The number of imide groups is 1. The molecule has 0 radical (unpaired) electrons. The molecule has 0 heterocycles. The molecule has 7 heteroatoms. The summed E-state index contributed by atoms with van der Waals surface area (Å²) in [5.74, 6) is -1.56. The molecular weight excluding hydrogens is 260 g/mol. The zero-order chi connectivity index (χ0) is 15.4. The third-order valence-corrected chi connectivity index (χ3v) is 3.02. The highest BCUT2D eigenvalue weighted by molar-refractivity contribution is 6.36. The Bertz CT molecular complexity index is 306. The number of amides is 3. The van der Waals surface area contributed by atoms with E-state index in [0.717, 1.165) is 31.0 Å².